The van der Waals surface area contributed by atoms with Gasteiger partial charge in [0.15, 0.2) is 5.90 Å². The summed E-state index contributed by atoms with van der Waals surface area (Å²) in [6, 6.07) is 44.5. The predicted octanol–water partition coefficient (Wildman–Crippen LogP) is 8.36. The molecule has 49 heavy (non-hydrogen) atoms. The molecule has 7 heteroatoms. The number of allylic oxidation sites excluding steroid dienone is 6. The van der Waals surface area contributed by atoms with Gasteiger partial charge >= 0.3 is 31.4 Å². The van der Waals surface area contributed by atoms with Crippen LogP contribution in [-0.4, -0.2) is 32.1 Å². The van der Waals surface area contributed by atoms with E-state index in [0.29, 0.717) is 0 Å². The molecule has 0 N–H and O–H groups in total. The fraction of sp³-hybridized carbons (Fsp3) is 0.119. The number of carbonyl (C=O) groups is 2. The first kappa shape index (κ1) is 47.4. The van der Waals surface area contributed by atoms with E-state index in [1.165, 1.54) is 54.2 Å². The predicted molar refractivity (Wildman–Crippen MR) is 215 cm³/mol. The van der Waals surface area contributed by atoms with Gasteiger partial charge < -0.3 is 31.8 Å². The minimum Gasteiger partial charge on any atom is -0.466 e. The van der Waals surface area contributed by atoms with Crippen LogP contribution in [0, 0.1) is 22.3 Å². The quantitative estimate of drug-likeness (QED) is 0.0593. The molecule has 1 radical (unpaired) electrons. The summed E-state index contributed by atoms with van der Waals surface area (Å²) < 4.78 is 8.42. The van der Waals surface area contributed by atoms with Gasteiger partial charge in [0.25, 0.3) is 0 Å². The van der Waals surface area contributed by atoms with Crippen LogP contribution in [0.1, 0.15) is 12.8 Å². The number of carbonyl (C=O) groups excluding carboxylic acids is 2. The van der Waals surface area contributed by atoms with E-state index in [0.717, 1.165) is 12.2 Å². The van der Waals surface area contributed by atoms with Crippen LogP contribution in [0.5, 0.6) is 0 Å². The first-order chi connectivity index (χ1) is 22.1. The summed E-state index contributed by atoms with van der Waals surface area (Å²) in [7, 11) is 0.757. The van der Waals surface area contributed by atoms with Crippen molar-refractivity contribution in [3.8, 4) is 0 Å². The van der Waals surface area contributed by atoms with Crippen molar-refractivity contribution in [1.29, 1.82) is 0 Å². The third-order valence-electron chi connectivity index (χ3n) is 6.71. The Labute approximate surface area is 311 Å². The van der Waals surface area contributed by atoms with Crippen molar-refractivity contribution in [3.05, 3.63) is 192 Å². The SMILES string of the molecule is C1=C/C=C\CCC=C1.COC(=O)C=CC(=O)OC.[CH3-].[CH3-].[CH3-].[Ru+3].c1ccc([PH+](C[PH+](c2ccccc2)c2ccccc2)c2ccccc2)cc1. The van der Waals surface area contributed by atoms with Crippen LogP contribution in [0.15, 0.2) is 170 Å². The van der Waals surface area contributed by atoms with Crippen LogP contribution >= 0.6 is 15.8 Å². The van der Waals surface area contributed by atoms with Gasteiger partial charge in [0, 0.05) is 12.2 Å². The molecule has 0 fully saturated rings. The van der Waals surface area contributed by atoms with E-state index in [2.05, 4.69) is 167 Å². The van der Waals surface area contributed by atoms with Gasteiger partial charge in [-0.3, -0.25) is 0 Å². The van der Waals surface area contributed by atoms with Gasteiger partial charge in [-0.05, 0) is 61.4 Å². The molecule has 4 nitrogen and oxygen atoms in total. The molecule has 4 aromatic rings. The molecular weight excluding hydrogens is 731 g/mol. The molecule has 5 rings (SSSR count). The van der Waals surface area contributed by atoms with E-state index in [1.807, 2.05) is 0 Å². The first-order valence-electron chi connectivity index (χ1n) is 14.9. The summed E-state index contributed by atoms with van der Waals surface area (Å²) in [5.74, 6) is 0.0907. The summed E-state index contributed by atoms with van der Waals surface area (Å²) in [6.07, 6.45) is 17.0. The molecule has 0 spiro atoms. The largest absolute Gasteiger partial charge is 3.00 e. The Morgan fingerprint density at radius 3 is 1.02 bits per heavy atom. The Morgan fingerprint density at radius 2 is 0.776 bits per heavy atom. The van der Waals surface area contributed by atoms with E-state index in [9.17, 15) is 9.59 Å². The van der Waals surface area contributed by atoms with E-state index in [1.54, 1.807) is 0 Å². The van der Waals surface area contributed by atoms with Crippen LogP contribution in [0.3, 0.4) is 0 Å². The summed E-state index contributed by atoms with van der Waals surface area (Å²) in [5.41, 5.74) is 0. The molecule has 4 aromatic carbocycles. The molecule has 0 atom stereocenters. The molecule has 0 amide bonds. The second-order valence-electron chi connectivity index (χ2n) is 9.80. The van der Waals surface area contributed by atoms with Crippen LogP contribution in [-0.2, 0) is 38.5 Å². The van der Waals surface area contributed by atoms with Gasteiger partial charge in [-0.1, -0.05) is 109 Å². The molecule has 1 aliphatic carbocycles. The van der Waals surface area contributed by atoms with Crippen molar-refractivity contribution in [2.24, 2.45) is 0 Å². The molecule has 0 saturated heterocycles. The fourth-order valence-corrected chi connectivity index (χ4v) is 12.1. The molecule has 0 unspecified atom stereocenters. The number of hydrogen-bond acceptors (Lipinski definition) is 4. The number of methoxy groups -OCH3 is 2. The third-order valence-corrected chi connectivity index (χ3v) is 13.7. The normalized spacial score (nSPS) is 11.6. The maximum atomic E-state index is 10.3. The van der Waals surface area contributed by atoms with Gasteiger partial charge in [-0.2, -0.15) is 0 Å². The average Bonchev–Trinajstić information content (AvgIpc) is 3.09. The van der Waals surface area contributed by atoms with E-state index >= 15 is 0 Å². The van der Waals surface area contributed by atoms with E-state index in [-0.39, 0.29) is 41.8 Å². The second kappa shape index (κ2) is 29.2. The summed E-state index contributed by atoms with van der Waals surface area (Å²) in [5, 5.41) is 6.01. The molecule has 0 bridgehead atoms. The Hall–Kier alpha value is -3.74. The third kappa shape index (κ3) is 18.6. The molecule has 259 valence electrons. The van der Waals surface area contributed by atoms with E-state index in [4.69, 9.17) is 0 Å². The minimum atomic E-state index is -0.847. The molecule has 0 heterocycles. The number of benzene rings is 4. The molecular formula is C42H51O4P2Ru+2. The van der Waals surface area contributed by atoms with Crippen molar-refractivity contribution < 1.29 is 38.5 Å². The topological polar surface area (TPSA) is 52.6 Å². The van der Waals surface area contributed by atoms with Gasteiger partial charge in [0.1, 0.15) is 37.1 Å². The zero-order chi connectivity index (χ0) is 32.0. The van der Waals surface area contributed by atoms with Crippen LogP contribution in [0.25, 0.3) is 0 Å². The fourth-order valence-electron chi connectivity index (χ4n) is 4.42. The van der Waals surface area contributed by atoms with Gasteiger partial charge in [0.2, 0.25) is 0 Å². The minimum absolute atomic E-state index is 0. The Bertz CT molecular complexity index is 1330. The smallest absolute Gasteiger partial charge is 0.466 e. The number of ether oxygens (including phenoxy) is 2. The van der Waals surface area contributed by atoms with Gasteiger partial charge in [-0.15, -0.1) is 0 Å². The first-order valence-corrected chi connectivity index (χ1v) is 18.3. The Morgan fingerprint density at radius 1 is 0.510 bits per heavy atom. The zero-order valence-corrected chi connectivity index (χ0v) is 33.0. The standard InChI is InChI=1S/C25H22P2.C8H10.C6H8O4.3CH3.Ru/c1-5-13-22(14-6-1)26(23-15-7-2-8-16-23)21-27(24-17-9-3-10-18-24)25-19-11-4-12-20-25;1-2-4-6-8-7-5-3-1;1-9-5(7)3-4-6(8)10-2;;;;/h1-20H,21H2;1-6H,7-8H2;3-4H,1-2H3;3*1H3;/q;;;3*-1;+3/p+2/b;2-1?,5-3-,6-4?;;;;;. The van der Waals surface area contributed by atoms with Gasteiger partial charge in [0.05, 0.1) is 14.2 Å². The average molecular weight is 783 g/mol. The van der Waals surface area contributed by atoms with Crippen LogP contribution < -0.4 is 21.2 Å². The number of esters is 2. The van der Waals surface area contributed by atoms with Crippen LogP contribution in [0.4, 0.5) is 0 Å². The van der Waals surface area contributed by atoms with E-state index < -0.39 is 27.8 Å². The second-order valence-corrected chi connectivity index (χ2v) is 15.4. The van der Waals surface area contributed by atoms with Crippen molar-refractivity contribution >= 4 is 49.0 Å². The van der Waals surface area contributed by atoms with Gasteiger partial charge in [-0.25, -0.2) is 9.59 Å². The van der Waals surface area contributed by atoms with Crippen molar-refractivity contribution in [2.75, 3.05) is 20.1 Å². The van der Waals surface area contributed by atoms with Crippen molar-refractivity contribution in [2.45, 2.75) is 12.8 Å². The maximum absolute atomic E-state index is 10.3. The summed E-state index contributed by atoms with van der Waals surface area (Å²) >= 11 is 0. The Balaban J connectivity index is 0. The zero-order valence-electron chi connectivity index (χ0n) is 29.3. The molecule has 0 saturated carbocycles. The summed E-state index contributed by atoms with van der Waals surface area (Å²) in [6.45, 7) is 0. The Kier molecular flexibility index (Phi) is 28.2. The van der Waals surface area contributed by atoms with Crippen molar-refractivity contribution in [3.63, 3.8) is 0 Å². The number of rotatable bonds is 8. The van der Waals surface area contributed by atoms with Crippen LogP contribution in [0.2, 0.25) is 0 Å². The maximum Gasteiger partial charge on any atom is 3.00 e. The van der Waals surface area contributed by atoms with Crippen molar-refractivity contribution in [1.82, 2.24) is 0 Å². The summed E-state index contributed by atoms with van der Waals surface area (Å²) in [4.78, 5) is 20.6. The molecule has 0 aromatic heterocycles. The number of hydrogen-bond donors (Lipinski definition) is 0. The monoisotopic (exact) mass is 783 g/mol. The molecule has 1 aliphatic rings. The molecule has 0 aliphatic heterocycles.